The van der Waals surface area contributed by atoms with E-state index in [-0.39, 0.29) is 12.5 Å². The zero-order valence-corrected chi connectivity index (χ0v) is 17.0. The van der Waals surface area contributed by atoms with Crippen LogP contribution in [0.25, 0.3) is 0 Å². The quantitative estimate of drug-likeness (QED) is 0.687. The molecular weight excluding hydrogens is 372 g/mol. The molecule has 0 radical (unpaired) electrons. The SMILES string of the molecule is O=C(C1CCCC1)N(Cc1ccc(OCc2nc(CO)cs2)cc1)CC1CC1. The molecule has 2 aliphatic carbocycles. The maximum Gasteiger partial charge on any atom is 0.225 e. The number of aliphatic hydroxyl groups is 1. The normalized spacial score (nSPS) is 17.0. The highest BCUT2D eigenvalue weighted by molar-refractivity contribution is 7.09. The number of aliphatic hydroxyl groups excluding tert-OH is 1. The fourth-order valence-corrected chi connectivity index (χ4v) is 4.52. The fourth-order valence-electron chi connectivity index (χ4n) is 3.82. The van der Waals surface area contributed by atoms with Crippen LogP contribution in [0.2, 0.25) is 0 Å². The average Bonchev–Trinajstić information content (AvgIpc) is 3.20. The van der Waals surface area contributed by atoms with Gasteiger partial charge in [0.15, 0.2) is 0 Å². The Morgan fingerprint density at radius 3 is 2.57 bits per heavy atom. The lowest BCUT2D eigenvalue weighted by molar-refractivity contribution is -0.136. The van der Waals surface area contributed by atoms with Gasteiger partial charge in [-0.1, -0.05) is 25.0 Å². The van der Waals surface area contributed by atoms with Crippen molar-refractivity contribution >= 4 is 17.2 Å². The van der Waals surface area contributed by atoms with Crippen LogP contribution in [-0.2, 0) is 24.6 Å². The van der Waals surface area contributed by atoms with Crippen LogP contribution in [0.3, 0.4) is 0 Å². The maximum atomic E-state index is 12.9. The van der Waals surface area contributed by atoms with Crippen LogP contribution in [0, 0.1) is 11.8 Å². The molecular formula is C22H28N2O3S. The van der Waals surface area contributed by atoms with Crippen molar-refractivity contribution in [2.75, 3.05) is 6.54 Å². The molecule has 6 heteroatoms. The summed E-state index contributed by atoms with van der Waals surface area (Å²) >= 11 is 1.49. The number of thiazole rings is 1. The number of rotatable bonds is 9. The van der Waals surface area contributed by atoms with Crippen LogP contribution in [-0.4, -0.2) is 27.4 Å². The Morgan fingerprint density at radius 2 is 1.93 bits per heavy atom. The van der Waals surface area contributed by atoms with E-state index in [1.807, 2.05) is 17.5 Å². The van der Waals surface area contributed by atoms with E-state index < -0.39 is 0 Å². The summed E-state index contributed by atoms with van der Waals surface area (Å²) in [5.74, 6) is 2.09. The van der Waals surface area contributed by atoms with Crippen molar-refractivity contribution in [1.29, 1.82) is 0 Å². The fraction of sp³-hybridized carbons (Fsp3) is 0.545. The lowest BCUT2D eigenvalue weighted by Crippen LogP contribution is -2.36. The van der Waals surface area contributed by atoms with E-state index in [0.29, 0.717) is 30.7 Å². The third-order valence-corrected chi connectivity index (χ3v) is 6.48. The Kier molecular flexibility index (Phi) is 6.27. The number of ether oxygens (including phenoxy) is 1. The molecule has 150 valence electrons. The summed E-state index contributed by atoms with van der Waals surface area (Å²) in [5.41, 5.74) is 1.83. The van der Waals surface area contributed by atoms with Gasteiger partial charge in [0.25, 0.3) is 0 Å². The highest BCUT2D eigenvalue weighted by atomic mass is 32.1. The molecule has 0 aliphatic heterocycles. The molecule has 2 aliphatic rings. The lowest BCUT2D eigenvalue weighted by atomic mass is 10.1. The van der Waals surface area contributed by atoms with E-state index in [1.54, 1.807) is 0 Å². The van der Waals surface area contributed by atoms with Gasteiger partial charge in [0.05, 0.1) is 12.3 Å². The first-order valence-corrected chi connectivity index (χ1v) is 11.1. The first-order valence-electron chi connectivity index (χ1n) is 10.3. The highest BCUT2D eigenvalue weighted by Crippen LogP contribution is 2.33. The third-order valence-electron chi connectivity index (χ3n) is 5.61. The van der Waals surface area contributed by atoms with E-state index in [0.717, 1.165) is 35.7 Å². The number of benzene rings is 1. The van der Waals surface area contributed by atoms with Crippen molar-refractivity contribution in [2.45, 2.75) is 58.3 Å². The summed E-state index contributed by atoms with van der Waals surface area (Å²) in [6.45, 7) is 1.96. The Bertz CT molecular complexity index is 779. The number of hydrogen-bond donors (Lipinski definition) is 1. The van der Waals surface area contributed by atoms with Crippen LogP contribution in [0.5, 0.6) is 5.75 Å². The smallest absolute Gasteiger partial charge is 0.225 e. The zero-order valence-electron chi connectivity index (χ0n) is 16.2. The molecule has 1 aromatic carbocycles. The largest absolute Gasteiger partial charge is 0.486 e. The van der Waals surface area contributed by atoms with Gasteiger partial charge >= 0.3 is 0 Å². The summed E-state index contributed by atoms with van der Waals surface area (Å²) in [6, 6.07) is 8.03. The Hall–Kier alpha value is -1.92. The molecule has 1 heterocycles. The van der Waals surface area contributed by atoms with Crippen molar-refractivity contribution in [1.82, 2.24) is 9.88 Å². The molecule has 28 heavy (non-hydrogen) atoms. The third kappa shape index (κ3) is 5.11. The van der Waals surface area contributed by atoms with E-state index >= 15 is 0 Å². The molecule has 4 rings (SSSR count). The predicted octanol–water partition coefficient (Wildman–Crippen LogP) is 4.14. The molecule has 1 N–H and O–H groups in total. The Balaban J connectivity index is 1.34. The van der Waals surface area contributed by atoms with Gasteiger partial charge in [-0.3, -0.25) is 4.79 Å². The molecule has 0 bridgehead atoms. The van der Waals surface area contributed by atoms with Crippen molar-refractivity contribution in [3.05, 3.63) is 45.9 Å². The van der Waals surface area contributed by atoms with Crippen LogP contribution < -0.4 is 4.74 Å². The molecule has 0 unspecified atom stereocenters. The zero-order chi connectivity index (χ0) is 19.3. The number of nitrogens with zero attached hydrogens (tertiary/aromatic N) is 2. The predicted molar refractivity (Wildman–Crippen MR) is 109 cm³/mol. The molecule has 2 fully saturated rings. The Morgan fingerprint density at radius 1 is 1.18 bits per heavy atom. The van der Waals surface area contributed by atoms with Gasteiger partial charge < -0.3 is 14.7 Å². The number of amides is 1. The van der Waals surface area contributed by atoms with Gasteiger partial charge in [-0.15, -0.1) is 11.3 Å². The minimum Gasteiger partial charge on any atom is -0.486 e. The van der Waals surface area contributed by atoms with E-state index in [2.05, 4.69) is 22.0 Å². The topological polar surface area (TPSA) is 62.7 Å². The van der Waals surface area contributed by atoms with Gasteiger partial charge in [0, 0.05) is 24.4 Å². The van der Waals surface area contributed by atoms with Crippen molar-refractivity contribution in [3.63, 3.8) is 0 Å². The number of carbonyl (C=O) groups is 1. The van der Waals surface area contributed by atoms with Gasteiger partial charge in [0.2, 0.25) is 5.91 Å². The summed E-state index contributed by atoms with van der Waals surface area (Å²) in [4.78, 5) is 19.3. The van der Waals surface area contributed by atoms with Crippen LogP contribution in [0.15, 0.2) is 29.6 Å². The maximum absolute atomic E-state index is 12.9. The first-order chi connectivity index (χ1) is 13.7. The van der Waals surface area contributed by atoms with Gasteiger partial charge in [0.1, 0.15) is 17.4 Å². The van der Waals surface area contributed by atoms with Crippen molar-refractivity contribution < 1.29 is 14.6 Å². The number of aromatic nitrogens is 1. The molecule has 0 spiro atoms. The van der Waals surface area contributed by atoms with E-state index in [4.69, 9.17) is 9.84 Å². The molecule has 0 atom stereocenters. The monoisotopic (exact) mass is 400 g/mol. The van der Waals surface area contributed by atoms with Gasteiger partial charge in [-0.2, -0.15) is 0 Å². The first kappa shape index (κ1) is 19.4. The summed E-state index contributed by atoms with van der Waals surface area (Å²) in [5, 5.41) is 11.8. The average molecular weight is 401 g/mol. The Labute approximate surface area is 170 Å². The lowest BCUT2D eigenvalue weighted by Gasteiger charge is -2.26. The van der Waals surface area contributed by atoms with E-state index in [1.165, 1.54) is 37.0 Å². The van der Waals surface area contributed by atoms with E-state index in [9.17, 15) is 4.79 Å². The second kappa shape index (κ2) is 9.05. The molecule has 5 nitrogen and oxygen atoms in total. The standard InChI is InChI=1S/C22H28N2O3S/c25-13-19-15-28-21(23-19)14-27-20-9-7-17(8-10-20)12-24(11-16-5-6-16)22(26)18-3-1-2-4-18/h7-10,15-16,18,25H,1-6,11-14H2. The number of carbonyl (C=O) groups excluding carboxylic acids is 1. The van der Waals surface area contributed by atoms with Gasteiger partial charge in [-0.05, 0) is 49.3 Å². The second-order valence-corrected chi connectivity index (χ2v) is 8.91. The molecule has 1 amide bonds. The minimum atomic E-state index is -0.0396. The van der Waals surface area contributed by atoms with Crippen LogP contribution in [0.4, 0.5) is 0 Å². The number of hydrogen-bond acceptors (Lipinski definition) is 5. The second-order valence-electron chi connectivity index (χ2n) is 7.97. The molecule has 2 aromatic rings. The molecule has 1 aromatic heterocycles. The van der Waals surface area contributed by atoms with Crippen molar-refractivity contribution in [3.8, 4) is 5.75 Å². The summed E-state index contributed by atoms with van der Waals surface area (Å²) in [6.07, 6.45) is 7.02. The van der Waals surface area contributed by atoms with Crippen LogP contribution in [0.1, 0.15) is 54.8 Å². The van der Waals surface area contributed by atoms with Crippen LogP contribution >= 0.6 is 11.3 Å². The molecule has 0 saturated heterocycles. The summed E-state index contributed by atoms with van der Waals surface area (Å²) in [7, 11) is 0. The summed E-state index contributed by atoms with van der Waals surface area (Å²) < 4.78 is 5.80. The van der Waals surface area contributed by atoms with Gasteiger partial charge in [-0.25, -0.2) is 4.98 Å². The highest BCUT2D eigenvalue weighted by Gasteiger charge is 2.31. The minimum absolute atomic E-state index is 0.0396. The molecule has 2 saturated carbocycles. The van der Waals surface area contributed by atoms with Crippen molar-refractivity contribution in [2.24, 2.45) is 11.8 Å².